The maximum atomic E-state index is 12.1. The number of piperidine rings is 1. The fourth-order valence-electron chi connectivity index (χ4n) is 3.10. The highest BCUT2D eigenvalue weighted by Gasteiger charge is 2.28. The van der Waals surface area contributed by atoms with E-state index in [1.54, 1.807) is 0 Å². The molecule has 0 aliphatic carbocycles. The average Bonchev–Trinajstić information content (AvgIpc) is 2.66. The monoisotopic (exact) mass is 393 g/mol. The number of amides is 1. The van der Waals surface area contributed by atoms with Crippen LogP contribution < -0.4 is 10.0 Å². The van der Waals surface area contributed by atoms with Gasteiger partial charge in [0.2, 0.25) is 15.9 Å². The Kier molecular flexibility index (Phi) is 8.01. The third-order valence-corrected chi connectivity index (χ3v) is 5.93. The molecular weight excluding hydrogens is 362 g/mol. The van der Waals surface area contributed by atoms with Crippen molar-refractivity contribution in [3.05, 3.63) is 41.3 Å². The second-order valence-corrected chi connectivity index (χ2v) is 9.19. The second kappa shape index (κ2) is 10.0. The average molecular weight is 394 g/mol. The van der Waals surface area contributed by atoms with Gasteiger partial charge in [0.25, 0.3) is 0 Å². The van der Waals surface area contributed by atoms with E-state index in [1.807, 2.05) is 30.3 Å². The summed E-state index contributed by atoms with van der Waals surface area (Å²) in [6.07, 6.45) is 5.33. The van der Waals surface area contributed by atoms with Crippen LogP contribution in [0.25, 0.3) is 6.08 Å². The number of carbonyl (C=O) groups is 1. The second-order valence-electron chi connectivity index (χ2n) is 7.54. The third-order valence-electron chi connectivity index (χ3n) is 4.82. The zero-order valence-corrected chi connectivity index (χ0v) is 17.1. The van der Waals surface area contributed by atoms with Crippen LogP contribution in [0.1, 0.15) is 45.1 Å². The lowest BCUT2D eigenvalue weighted by Gasteiger charge is -2.41. The van der Waals surface area contributed by atoms with Crippen molar-refractivity contribution in [1.29, 1.82) is 0 Å². The van der Waals surface area contributed by atoms with Crippen molar-refractivity contribution >= 4 is 22.0 Å². The van der Waals surface area contributed by atoms with E-state index in [2.05, 4.69) is 28.8 Å². The van der Waals surface area contributed by atoms with Gasteiger partial charge in [-0.1, -0.05) is 36.8 Å². The lowest BCUT2D eigenvalue weighted by Crippen LogP contribution is -2.53. The summed E-state index contributed by atoms with van der Waals surface area (Å²) in [6.45, 7) is 7.04. The topological polar surface area (TPSA) is 78.5 Å². The molecule has 27 heavy (non-hydrogen) atoms. The van der Waals surface area contributed by atoms with Gasteiger partial charge in [0.15, 0.2) is 0 Å². The Morgan fingerprint density at radius 2 is 1.81 bits per heavy atom. The summed E-state index contributed by atoms with van der Waals surface area (Å²) in [6, 6.07) is 9.20. The molecule has 0 radical (unpaired) electrons. The quantitative estimate of drug-likeness (QED) is 0.675. The molecule has 1 aromatic carbocycles. The van der Waals surface area contributed by atoms with E-state index >= 15 is 0 Å². The highest BCUT2D eigenvalue weighted by atomic mass is 32.2. The number of carbonyl (C=O) groups excluding carboxylic acids is 1. The first-order valence-electron chi connectivity index (χ1n) is 9.53. The summed E-state index contributed by atoms with van der Waals surface area (Å²) in [5.41, 5.74) is 0.717. The lowest BCUT2D eigenvalue weighted by molar-refractivity contribution is -0.121. The number of hydrogen-bond donors (Lipinski definition) is 2. The van der Waals surface area contributed by atoms with Crippen LogP contribution in [0.2, 0.25) is 0 Å². The first kappa shape index (κ1) is 21.6. The fraction of sp³-hybridized carbons (Fsp3) is 0.550. The molecule has 7 heteroatoms. The minimum Gasteiger partial charge on any atom is -0.354 e. The van der Waals surface area contributed by atoms with Crippen molar-refractivity contribution in [3.63, 3.8) is 0 Å². The molecule has 1 amide bonds. The van der Waals surface area contributed by atoms with Crippen molar-refractivity contribution in [2.24, 2.45) is 0 Å². The van der Waals surface area contributed by atoms with Crippen LogP contribution in [-0.2, 0) is 14.8 Å². The van der Waals surface area contributed by atoms with Crippen LogP contribution in [-0.4, -0.2) is 50.9 Å². The number of nitrogens with zero attached hydrogens (tertiary/aromatic N) is 1. The molecule has 0 bridgehead atoms. The molecule has 1 heterocycles. The summed E-state index contributed by atoms with van der Waals surface area (Å²) in [4.78, 5) is 14.5. The Morgan fingerprint density at radius 3 is 2.48 bits per heavy atom. The maximum Gasteiger partial charge on any atom is 0.233 e. The molecule has 1 aromatic rings. The first-order chi connectivity index (χ1) is 12.8. The Labute approximate surface area is 163 Å². The van der Waals surface area contributed by atoms with Crippen LogP contribution in [0.3, 0.4) is 0 Å². The zero-order chi connectivity index (χ0) is 19.8. The highest BCUT2D eigenvalue weighted by Crippen LogP contribution is 2.19. The van der Waals surface area contributed by atoms with Gasteiger partial charge in [0.05, 0.1) is 0 Å². The first-order valence-corrected chi connectivity index (χ1v) is 11.1. The predicted octanol–water partition coefficient (Wildman–Crippen LogP) is 2.35. The number of nitrogens with one attached hydrogen (secondary N) is 2. The summed E-state index contributed by atoms with van der Waals surface area (Å²) < 4.78 is 26.4. The van der Waals surface area contributed by atoms with E-state index in [4.69, 9.17) is 0 Å². The molecule has 0 atom stereocenters. The van der Waals surface area contributed by atoms with E-state index < -0.39 is 10.0 Å². The molecular formula is C20H31N3O3S. The number of sulfonamides is 1. The largest absolute Gasteiger partial charge is 0.354 e. The lowest BCUT2D eigenvalue weighted by atomic mass is 9.98. The number of benzene rings is 1. The van der Waals surface area contributed by atoms with E-state index in [0.29, 0.717) is 6.54 Å². The van der Waals surface area contributed by atoms with Gasteiger partial charge in [-0.2, -0.15) is 0 Å². The van der Waals surface area contributed by atoms with Crippen LogP contribution in [0, 0.1) is 0 Å². The van der Waals surface area contributed by atoms with Gasteiger partial charge in [0, 0.05) is 30.5 Å². The van der Waals surface area contributed by atoms with Gasteiger partial charge < -0.3 is 5.32 Å². The van der Waals surface area contributed by atoms with Gasteiger partial charge in [-0.3, -0.25) is 9.69 Å². The van der Waals surface area contributed by atoms with Gasteiger partial charge in [-0.15, -0.1) is 0 Å². The molecule has 1 saturated heterocycles. The van der Waals surface area contributed by atoms with Crippen molar-refractivity contribution in [3.8, 4) is 0 Å². The molecule has 0 unspecified atom stereocenters. The standard InChI is InChI=1S/C20H31N3O3S/c1-20(2,23-14-7-4-8-15-23)17-21-19(24)11-13-22-27(25,26)16-12-18-9-5-3-6-10-18/h3,5-6,9-10,12,16,22H,4,7-8,11,13-15,17H2,1-2H3,(H,21,24). The van der Waals surface area contributed by atoms with Crippen LogP contribution in [0.15, 0.2) is 35.7 Å². The molecule has 0 saturated carbocycles. The Bertz CT molecular complexity index is 724. The molecule has 1 fully saturated rings. The van der Waals surface area contributed by atoms with Crippen LogP contribution in [0.4, 0.5) is 0 Å². The summed E-state index contributed by atoms with van der Waals surface area (Å²) in [5.74, 6) is -0.144. The minimum absolute atomic E-state index is 0.0808. The van der Waals surface area contributed by atoms with Crippen molar-refractivity contribution in [1.82, 2.24) is 14.9 Å². The Balaban J connectivity index is 1.71. The molecule has 150 valence electrons. The molecule has 1 aliphatic rings. The van der Waals surface area contributed by atoms with Crippen molar-refractivity contribution in [2.45, 2.75) is 45.1 Å². The molecule has 2 rings (SSSR count). The molecule has 6 nitrogen and oxygen atoms in total. The fourth-order valence-corrected chi connectivity index (χ4v) is 3.92. The summed E-state index contributed by atoms with van der Waals surface area (Å²) >= 11 is 0. The molecule has 2 N–H and O–H groups in total. The number of likely N-dealkylation sites (tertiary alicyclic amines) is 1. The van der Waals surface area contributed by atoms with Gasteiger partial charge >= 0.3 is 0 Å². The molecule has 0 spiro atoms. The predicted molar refractivity (Wildman–Crippen MR) is 110 cm³/mol. The van der Waals surface area contributed by atoms with Gasteiger partial charge in [-0.25, -0.2) is 13.1 Å². The van der Waals surface area contributed by atoms with Crippen molar-refractivity contribution < 1.29 is 13.2 Å². The minimum atomic E-state index is -3.55. The zero-order valence-electron chi connectivity index (χ0n) is 16.3. The SMILES string of the molecule is CC(C)(CNC(=O)CCNS(=O)(=O)C=Cc1ccccc1)N1CCCCC1. The maximum absolute atomic E-state index is 12.1. The van der Waals surface area contributed by atoms with Crippen LogP contribution >= 0.6 is 0 Å². The molecule has 0 aromatic heterocycles. The highest BCUT2D eigenvalue weighted by molar-refractivity contribution is 7.92. The molecule has 1 aliphatic heterocycles. The van der Waals surface area contributed by atoms with E-state index in [0.717, 1.165) is 24.1 Å². The number of rotatable bonds is 9. The summed E-state index contributed by atoms with van der Waals surface area (Å²) in [5, 5.41) is 4.06. The summed E-state index contributed by atoms with van der Waals surface area (Å²) in [7, 11) is -3.55. The third kappa shape index (κ3) is 7.82. The van der Waals surface area contributed by atoms with Gasteiger partial charge in [-0.05, 0) is 51.4 Å². The van der Waals surface area contributed by atoms with Crippen molar-refractivity contribution in [2.75, 3.05) is 26.2 Å². The van der Waals surface area contributed by atoms with Crippen LogP contribution in [0.5, 0.6) is 0 Å². The van der Waals surface area contributed by atoms with E-state index in [9.17, 15) is 13.2 Å². The Morgan fingerprint density at radius 1 is 1.15 bits per heavy atom. The normalized spacial score (nSPS) is 16.5. The van der Waals surface area contributed by atoms with E-state index in [-0.39, 0.29) is 24.4 Å². The smallest absolute Gasteiger partial charge is 0.233 e. The Hall–Kier alpha value is -1.70. The van der Waals surface area contributed by atoms with Gasteiger partial charge in [0.1, 0.15) is 0 Å². The number of hydrogen-bond acceptors (Lipinski definition) is 4. The van der Waals surface area contributed by atoms with E-state index in [1.165, 1.54) is 25.3 Å².